The van der Waals surface area contributed by atoms with Crippen molar-refractivity contribution in [3.05, 3.63) is 41.6 Å². The molecule has 14 heavy (non-hydrogen) atoms. The second kappa shape index (κ2) is 4.75. The fourth-order valence-corrected chi connectivity index (χ4v) is 1.38. The summed E-state index contributed by atoms with van der Waals surface area (Å²) in [6, 6.07) is 8.23. The van der Waals surface area contributed by atoms with Crippen LogP contribution in [0.2, 0.25) is 0 Å². The Morgan fingerprint density at radius 3 is 2.36 bits per heavy atom. The lowest BCUT2D eigenvalue weighted by molar-refractivity contribution is 1.28. The van der Waals surface area contributed by atoms with Crippen LogP contribution in [0, 0.1) is 13.8 Å². The minimum atomic E-state index is 1.08. The molecule has 0 saturated heterocycles. The highest BCUT2D eigenvalue weighted by atomic mass is 14.6. The first kappa shape index (κ1) is 10.7. The molecule has 1 aromatic carbocycles. The summed E-state index contributed by atoms with van der Waals surface area (Å²) in [5.41, 5.74) is 3.68. The van der Waals surface area contributed by atoms with E-state index >= 15 is 0 Å². The molecule has 1 aromatic heterocycles. The number of aryl methyl sites for hydroxylation is 2. The van der Waals surface area contributed by atoms with E-state index in [1.807, 2.05) is 32.2 Å². The van der Waals surface area contributed by atoms with Crippen molar-refractivity contribution in [2.24, 2.45) is 0 Å². The summed E-state index contributed by atoms with van der Waals surface area (Å²) in [6.07, 6.45) is 1.93. The Morgan fingerprint density at radius 2 is 1.64 bits per heavy atom. The molecular formula is C13H17N. The second-order valence-corrected chi connectivity index (χ2v) is 3.08. The molecule has 0 saturated carbocycles. The Hall–Kier alpha value is -1.37. The van der Waals surface area contributed by atoms with Gasteiger partial charge in [0.15, 0.2) is 0 Å². The van der Waals surface area contributed by atoms with E-state index in [2.05, 4.69) is 31.0 Å². The molecule has 0 bridgehead atoms. The van der Waals surface area contributed by atoms with Gasteiger partial charge in [-0.15, -0.1) is 0 Å². The number of fused-ring (bicyclic) bond motifs is 1. The summed E-state index contributed by atoms with van der Waals surface area (Å²) in [4.78, 5) is 4.34. The quantitative estimate of drug-likeness (QED) is 0.610. The van der Waals surface area contributed by atoms with E-state index in [1.165, 1.54) is 16.5 Å². The number of hydrogen-bond acceptors (Lipinski definition) is 1. The van der Waals surface area contributed by atoms with Gasteiger partial charge in [-0.25, -0.2) is 0 Å². The van der Waals surface area contributed by atoms with Gasteiger partial charge in [0, 0.05) is 11.6 Å². The Labute approximate surface area is 85.8 Å². The third-order valence-electron chi connectivity index (χ3n) is 2.30. The summed E-state index contributed by atoms with van der Waals surface area (Å²) in [5.74, 6) is 0. The average molecular weight is 187 g/mol. The maximum absolute atomic E-state index is 4.34. The first-order valence-corrected chi connectivity index (χ1v) is 5.10. The summed E-state index contributed by atoms with van der Waals surface area (Å²) in [5, 5.41) is 1.26. The van der Waals surface area contributed by atoms with Crippen molar-refractivity contribution in [3.63, 3.8) is 0 Å². The lowest BCUT2D eigenvalue weighted by Crippen LogP contribution is -1.86. The highest BCUT2D eigenvalue weighted by molar-refractivity contribution is 5.82. The van der Waals surface area contributed by atoms with Crippen LogP contribution in [0.3, 0.4) is 0 Å². The molecule has 0 aliphatic rings. The van der Waals surface area contributed by atoms with Gasteiger partial charge in [0.05, 0.1) is 5.52 Å². The molecular weight excluding hydrogens is 170 g/mol. The van der Waals surface area contributed by atoms with Gasteiger partial charge < -0.3 is 0 Å². The van der Waals surface area contributed by atoms with E-state index < -0.39 is 0 Å². The van der Waals surface area contributed by atoms with Crippen LogP contribution in [-0.4, -0.2) is 4.98 Å². The Kier molecular flexibility index (Phi) is 3.63. The largest absolute Gasteiger partial charge is 0.256 e. The first-order valence-electron chi connectivity index (χ1n) is 5.10. The minimum Gasteiger partial charge on any atom is -0.256 e. The van der Waals surface area contributed by atoms with Gasteiger partial charge in [-0.3, -0.25) is 4.98 Å². The summed E-state index contributed by atoms with van der Waals surface area (Å²) in [7, 11) is 0. The van der Waals surface area contributed by atoms with E-state index in [9.17, 15) is 0 Å². The van der Waals surface area contributed by atoms with Gasteiger partial charge in [0.1, 0.15) is 0 Å². The van der Waals surface area contributed by atoms with Crippen LogP contribution in [0.4, 0.5) is 0 Å². The standard InChI is InChI=1S/C11H11N.C2H6/c1-8-7-12-11-6-4-3-5-10(11)9(8)2;1-2/h3-7H,1-2H3;1-2H3. The molecule has 0 N–H and O–H groups in total. The molecule has 0 fully saturated rings. The van der Waals surface area contributed by atoms with Crippen LogP contribution in [0.25, 0.3) is 10.9 Å². The number of rotatable bonds is 0. The molecule has 1 heterocycles. The monoisotopic (exact) mass is 187 g/mol. The fourth-order valence-electron chi connectivity index (χ4n) is 1.38. The van der Waals surface area contributed by atoms with Crippen molar-refractivity contribution in [2.45, 2.75) is 27.7 Å². The van der Waals surface area contributed by atoms with Crippen molar-refractivity contribution in [3.8, 4) is 0 Å². The highest BCUT2D eigenvalue weighted by Gasteiger charge is 1.98. The van der Waals surface area contributed by atoms with E-state index in [4.69, 9.17) is 0 Å². The van der Waals surface area contributed by atoms with Gasteiger partial charge in [-0.05, 0) is 31.0 Å². The first-order chi connectivity index (χ1) is 6.79. The van der Waals surface area contributed by atoms with Gasteiger partial charge in [0.25, 0.3) is 0 Å². The van der Waals surface area contributed by atoms with Crippen molar-refractivity contribution >= 4 is 10.9 Å². The van der Waals surface area contributed by atoms with Crippen LogP contribution >= 0.6 is 0 Å². The molecule has 0 spiro atoms. The number of pyridine rings is 1. The van der Waals surface area contributed by atoms with Gasteiger partial charge in [0.2, 0.25) is 0 Å². The van der Waals surface area contributed by atoms with Gasteiger partial charge in [-0.2, -0.15) is 0 Å². The number of aromatic nitrogens is 1. The fraction of sp³-hybridized carbons (Fsp3) is 0.308. The maximum Gasteiger partial charge on any atom is 0.0704 e. The van der Waals surface area contributed by atoms with E-state index in [0.717, 1.165) is 5.52 Å². The average Bonchev–Trinajstić information content (AvgIpc) is 2.27. The molecule has 0 unspecified atom stereocenters. The van der Waals surface area contributed by atoms with E-state index in [1.54, 1.807) is 0 Å². The zero-order chi connectivity index (χ0) is 10.6. The molecule has 1 heteroatoms. The van der Waals surface area contributed by atoms with Crippen LogP contribution in [0.15, 0.2) is 30.5 Å². The Morgan fingerprint density at radius 1 is 1.00 bits per heavy atom. The molecule has 74 valence electrons. The van der Waals surface area contributed by atoms with Crippen LogP contribution in [0.1, 0.15) is 25.0 Å². The third kappa shape index (κ3) is 1.92. The molecule has 0 atom stereocenters. The van der Waals surface area contributed by atoms with Crippen molar-refractivity contribution in [1.29, 1.82) is 0 Å². The van der Waals surface area contributed by atoms with Crippen molar-refractivity contribution < 1.29 is 0 Å². The Balaban J connectivity index is 0.000000461. The summed E-state index contributed by atoms with van der Waals surface area (Å²) >= 11 is 0. The molecule has 1 nitrogen and oxygen atoms in total. The van der Waals surface area contributed by atoms with Crippen LogP contribution in [0.5, 0.6) is 0 Å². The van der Waals surface area contributed by atoms with Crippen LogP contribution < -0.4 is 0 Å². The van der Waals surface area contributed by atoms with E-state index in [0.29, 0.717) is 0 Å². The molecule has 0 radical (unpaired) electrons. The minimum absolute atomic E-state index is 1.08. The number of nitrogens with zero attached hydrogens (tertiary/aromatic N) is 1. The summed E-state index contributed by atoms with van der Waals surface area (Å²) < 4.78 is 0. The topological polar surface area (TPSA) is 12.9 Å². The highest BCUT2D eigenvalue weighted by Crippen LogP contribution is 2.17. The van der Waals surface area contributed by atoms with Crippen molar-refractivity contribution in [2.75, 3.05) is 0 Å². The lowest BCUT2D eigenvalue weighted by atomic mass is 10.1. The van der Waals surface area contributed by atoms with Gasteiger partial charge >= 0.3 is 0 Å². The predicted molar refractivity (Wildman–Crippen MR) is 62.6 cm³/mol. The SMILES string of the molecule is CC.Cc1cnc2ccccc2c1C. The normalized spacial score (nSPS) is 9.43. The smallest absolute Gasteiger partial charge is 0.0704 e. The molecule has 0 amide bonds. The summed E-state index contributed by atoms with van der Waals surface area (Å²) in [6.45, 7) is 8.23. The molecule has 0 aliphatic heterocycles. The van der Waals surface area contributed by atoms with Gasteiger partial charge in [-0.1, -0.05) is 32.0 Å². The second-order valence-electron chi connectivity index (χ2n) is 3.08. The number of benzene rings is 1. The third-order valence-corrected chi connectivity index (χ3v) is 2.30. The molecule has 0 aliphatic carbocycles. The molecule has 2 aromatic rings. The van der Waals surface area contributed by atoms with Crippen LogP contribution in [-0.2, 0) is 0 Å². The number of hydrogen-bond donors (Lipinski definition) is 0. The van der Waals surface area contributed by atoms with E-state index in [-0.39, 0.29) is 0 Å². The zero-order valence-corrected chi connectivity index (χ0v) is 9.33. The zero-order valence-electron chi connectivity index (χ0n) is 9.33. The molecule has 2 rings (SSSR count). The number of para-hydroxylation sites is 1. The lowest BCUT2D eigenvalue weighted by Gasteiger charge is -2.03. The maximum atomic E-state index is 4.34. The predicted octanol–water partition coefficient (Wildman–Crippen LogP) is 3.88. The Bertz CT molecular complexity index is 419. The van der Waals surface area contributed by atoms with Crippen molar-refractivity contribution in [1.82, 2.24) is 4.98 Å².